The number of hydrogen-bond acceptors (Lipinski definition) is 8. The van der Waals surface area contributed by atoms with Crippen LogP contribution in [0.2, 0.25) is 0 Å². The molecule has 0 unspecified atom stereocenters. The second kappa shape index (κ2) is 8.32. The molecule has 0 bridgehead atoms. The van der Waals surface area contributed by atoms with E-state index >= 15 is 0 Å². The SMILES string of the molecule is CC(C)(O)CC[C@H](O)[C@](C)(O)[C@H]1CC[C@@]2(O)C3=CC(=O)[C@H]4C[C@@H](O)[C@H](O)[C@H](O)[C@]4(C)[C@H]3CC[C@]12C. The van der Waals surface area contributed by atoms with Gasteiger partial charge in [0.1, 0.15) is 6.10 Å². The van der Waals surface area contributed by atoms with Crippen LogP contribution in [0, 0.1) is 28.6 Å². The Labute approximate surface area is 207 Å². The maximum atomic E-state index is 13.3. The van der Waals surface area contributed by atoms with Crippen LogP contribution in [-0.2, 0) is 4.79 Å². The van der Waals surface area contributed by atoms with Gasteiger partial charge in [0.15, 0.2) is 5.78 Å². The number of rotatable bonds is 5. The fourth-order valence-electron chi connectivity index (χ4n) is 8.35. The lowest BCUT2D eigenvalue weighted by atomic mass is 9.45. The van der Waals surface area contributed by atoms with Crippen molar-refractivity contribution in [1.29, 1.82) is 0 Å². The van der Waals surface area contributed by atoms with Gasteiger partial charge in [-0.3, -0.25) is 4.79 Å². The third kappa shape index (κ3) is 3.78. The maximum Gasteiger partial charge on any atom is 0.159 e. The second-order valence-corrected chi connectivity index (χ2v) is 13.2. The average Bonchev–Trinajstić information content (AvgIpc) is 3.04. The highest BCUT2D eigenvalue weighted by atomic mass is 16.4. The van der Waals surface area contributed by atoms with Crippen LogP contribution in [0.15, 0.2) is 11.6 Å². The topological polar surface area (TPSA) is 159 Å². The van der Waals surface area contributed by atoms with E-state index in [-0.39, 0.29) is 24.5 Å². The molecule has 8 nitrogen and oxygen atoms in total. The summed E-state index contributed by atoms with van der Waals surface area (Å²) in [5, 5.41) is 76.6. The van der Waals surface area contributed by atoms with E-state index in [0.717, 1.165) is 0 Å². The fourth-order valence-corrected chi connectivity index (χ4v) is 8.35. The van der Waals surface area contributed by atoms with Gasteiger partial charge in [0.05, 0.1) is 35.1 Å². The predicted octanol–water partition coefficient (Wildman–Crippen LogP) is 0.825. The number of fused-ring (bicyclic) bond motifs is 5. The van der Waals surface area contributed by atoms with E-state index in [9.17, 15) is 40.5 Å². The van der Waals surface area contributed by atoms with Gasteiger partial charge in [-0.2, -0.15) is 0 Å². The largest absolute Gasteiger partial charge is 0.390 e. The van der Waals surface area contributed by atoms with E-state index in [1.807, 2.05) is 6.92 Å². The second-order valence-electron chi connectivity index (χ2n) is 13.2. The van der Waals surface area contributed by atoms with Gasteiger partial charge in [0.2, 0.25) is 0 Å². The number of aliphatic hydroxyl groups excluding tert-OH is 4. The summed E-state index contributed by atoms with van der Waals surface area (Å²) in [4.78, 5) is 13.3. The highest BCUT2D eigenvalue weighted by molar-refractivity contribution is 5.95. The summed E-state index contributed by atoms with van der Waals surface area (Å²) in [7, 11) is 0. The normalized spacial score (nSPS) is 48.3. The molecule has 200 valence electrons. The molecule has 0 amide bonds. The number of carbonyl (C=O) groups is 1. The van der Waals surface area contributed by atoms with Crippen molar-refractivity contribution in [3.8, 4) is 0 Å². The Balaban J connectivity index is 1.69. The number of carbonyl (C=O) groups excluding carboxylic acids is 1. The summed E-state index contributed by atoms with van der Waals surface area (Å²) in [6.45, 7) is 8.59. The van der Waals surface area contributed by atoms with E-state index in [1.165, 1.54) is 6.08 Å². The molecule has 4 rings (SSSR count). The first kappa shape index (κ1) is 27.2. The minimum absolute atomic E-state index is 0.0638. The van der Waals surface area contributed by atoms with Gasteiger partial charge in [-0.25, -0.2) is 0 Å². The fraction of sp³-hybridized carbons (Fsp3) is 0.889. The number of hydrogen-bond donors (Lipinski definition) is 7. The standard InChI is InChI=1S/C27H44O8/c1-23(2,33)9-8-20(30)26(5,34)19-7-11-27(35)15-12-17(28)16-13-18(29)21(31)22(32)25(16,4)14(15)6-10-24(19,27)3/h12,14,16,18-22,29-35H,6-11,13H2,1-5H3/t14-,16+,18+,19-,20-,21-,22-,24+,25+,26+,27+/m0/s1. The van der Waals surface area contributed by atoms with Gasteiger partial charge in [-0.05, 0) is 89.2 Å². The van der Waals surface area contributed by atoms with Crippen LogP contribution < -0.4 is 0 Å². The first-order valence-corrected chi connectivity index (χ1v) is 13.1. The predicted molar refractivity (Wildman–Crippen MR) is 128 cm³/mol. The highest BCUT2D eigenvalue weighted by Gasteiger charge is 2.70. The third-order valence-corrected chi connectivity index (χ3v) is 10.7. The molecule has 7 N–H and O–H groups in total. The average molecular weight is 497 g/mol. The molecule has 3 saturated carbocycles. The Bertz CT molecular complexity index is 892. The molecule has 35 heavy (non-hydrogen) atoms. The number of aliphatic hydroxyl groups is 7. The molecular formula is C27H44O8. The zero-order valence-corrected chi connectivity index (χ0v) is 21.6. The van der Waals surface area contributed by atoms with Crippen LogP contribution in [0.3, 0.4) is 0 Å². The third-order valence-electron chi connectivity index (χ3n) is 10.7. The summed E-state index contributed by atoms with van der Waals surface area (Å²) in [5.74, 6) is -1.73. The van der Waals surface area contributed by atoms with Crippen molar-refractivity contribution in [2.24, 2.45) is 28.6 Å². The molecule has 0 heterocycles. The Kier molecular flexibility index (Phi) is 6.46. The molecule has 0 aromatic carbocycles. The molecule has 0 radical (unpaired) electrons. The monoisotopic (exact) mass is 496 g/mol. The number of ketones is 1. The smallest absolute Gasteiger partial charge is 0.159 e. The molecule has 4 aliphatic rings. The van der Waals surface area contributed by atoms with Crippen LogP contribution in [0.4, 0.5) is 0 Å². The van der Waals surface area contributed by atoms with Crippen LogP contribution in [-0.4, -0.2) is 82.7 Å². The van der Waals surface area contributed by atoms with Crippen molar-refractivity contribution in [2.45, 2.75) is 121 Å². The zero-order valence-electron chi connectivity index (χ0n) is 21.6. The van der Waals surface area contributed by atoms with Crippen LogP contribution in [0.1, 0.15) is 79.6 Å². The summed E-state index contributed by atoms with van der Waals surface area (Å²) in [6, 6.07) is 0. The van der Waals surface area contributed by atoms with Gasteiger partial charge in [0.25, 0.3) is 0 Å². The molecule has 8 heteroatoms. The van der Waals surface area contributed by atoms with Crippen molar-refractivity contribution >= 4 is 5.78 Å². The quantitative estimate of drug-likeness (QED) is 0.295. The Morgan fingerprint density at radius 2 is 1.69 bits per heavy atom. The molecule has 0 aliphatic heterocycles. The first-order valence-electron chi connectivity index (χ1n) is 13.1. The minimum Gasteiger partial charge on any atom is -0.390 e. The van der Waals surface area contributed by atoms with Gasteiger partial charge in [-0.1, -0.05) is 13.8 Å². The maximum absolute atomic E-state index is 13.3. The Morgan fingerprint density at radius 1 is 1.06 bits per heavy atom. The van der Waals surface area contributed by atoms with Gasteiger partial charge in [-0.15, -0.1) is 0 Å². The Morgan fingerprint density at radius 3 is 2.29 bits per heavy atom. The van der Waals surface area contributed by atoms with E-state index in [0.29, 0.717) is 37.7 Å². The summed E-state index contributed by atoms with van der Waals surface area (Å²) in [5.41, 5.74) is -5.21. The summed E-state index contributed by atoms with van der Waals surface area (Å²) in [6.07, 6.45) is -1.09. The lowest BCUT2D eigenvalue weighted by Crippen LogP contribution is -2.66. The molecule has 0 saturated heterocycles. The van der Waals surface area contributed by atoms with E-state index in [4.69, 9.17) is 0 Å². The van der Waals surface area contributed by atoms with Crippen molar-refractivity contribution < 1.29 is 40.5 Å². The van der Waals surface area contributed by atoms with Crippen molar-refractivity contribution in [3.63, 3.8) is 0 Å². The van der Waals surface area contributed by atoms with E-state index in [1.54, 1.807) is 27.7 Å². The molecule has 0 aromatic rings. The van der Waals surface area contributed by atoms with Gasteiger partial charge >= 0.3 is 0 Å². The molecule has 3 fully saturated rings. The van der Waals surface area contributed by atoms with Gasteiger partial charge in [0, 0.05) is 16.7 Å². The Hall–Kier alpha value is -0.870. The molecule has 0 aromatic heterocycles. The zero-order chi connectivity index (χ0) is 26.4. The molecule has 0 spiro atoms. The van der Waals surface area contributed by atoms with Gasteiger partial charge < -0.3 is 35.7 Å². The van der Waals surface area contributed by atoms with Crippen molar-refractivity contribution in [1.82, 2.24) is 0 Å². The summed E-state index contributed by atoms with van der Waals surface area (Å²) >= 11 is 0. The van der Waals surface area contributed by atoms with Crippen LogP contribution in [0.25, 0.3) is 0 Å². The molecule has 11 atom stereocenters. The van der Waals surface area contributed by atoms with Crippen molar-refractivity contribution in [2.75, 3.05) is 0 Å². The van der Waals surface area contributed by atoms with E-state index in [2.05, 4.69) is 0 Å². The minimum atomic E-state index is -1.52. The van der Waals surface area contributed by atoms with Crippen molar-refractivity contribution in [3.05, 3.63) is 11.6 Å². The first-order chi connectivity index (χ1) is 15.9. The number of allylic oxidation sites excluding steroid dienone is 1. The molecular weight excluding hydrogens is 452 g/mol. The lowest BCUT2D eigenvalue weighted by molar-refractivity contribution is -0.205. The molecule has 4 aliphatic carbocycles. The highest BCUT2D eigenvalue weighted by Crippen LogP contribution is 2.68. The summed E-state index contributed by atoms with van der Waals surface area (Å²) < 4.78 is 0. The van der Waals surface area contributed by atoms with Crippen LogP contribution >= 0.6 is 0 Å². The lowest BCUT2D eigenvalue weighted by Gasteiger charge is -2.61. The van der Waals surface area contributed by atoms with Crippen LogP contribution in [0.5, 0.6) is 0 Å². The van der Waals surface area contributed by atoms with E-state index < -0.39 is 63.9 Å².